The molecule has 0 amide bonds. The minimum Gasteiger partial charge on any atom is -0.311 e. The molecule has 2 unspecified atom stereocenters. The highest BCUT2D eigenvalue weighted by Crippen LogP contribution is 2.25. The number of hydrogen-bond acceptors (Lipinski definition) is 2. The topological polar surface area (TPSA) is 29.9 Å². The molecular weight excluding hydrogens is 181 g/mol. The number of nitrogens with zero attached hydrogens (tertiary/aromatic N) is 2. The minimum absolute atomic E-state index is 0.0286. The van der Waals surface area contributed by atoms with E-state index in [0.29, 0.717) is 5.69 Å². The maximum Gasteiger partial charge on any atom is 0.157 e. The summed E-state index contributed by atoms with van der Waals surface area (Å²) in [7, 11) is 1.78. The summed E-state index contributed by atoms with van der Waals surface area (Å²) in [5.41, 5.74) is 0.671. The normalized spacial score (nSPS) is 24.9. The lowest BCUT2D eigenvalue weighted by molar-refractivity contribution is 0.211. The van der Waals surface area contributed by atoms with Crippen LogP contribution >= 0.6 is 0 Å². The van der Waals surface area contributed by atoms with Crippen LogP contribution in [0.1, 0.15) is 31.1 Å². The fourth-order valence-electron chi connectivity index (χ4n) is 1.99. The summed E-state index contributed by atoms with van der Waals surface area (Å²) in [6.45, 7) is 0.933. The zero-order valence-corrected chi connectivity index (χ0v) is 8.41. The zero-order chi connectivity index (χ0) is 9.97. The van der Waals surface area contributed by atoms with Gasteiger partial charge in [0, 0.05) is 19.3 Å². The first-order valence-electron chi connectivity index (χ1n) is 5.14. The Hall–Kier alpha value is -0.900. The average molecular weight is 197 g/mol. The van der Waals surface area contributed by atoms with E-state index in [1.165, 1.54) is 0 Å². The first-order valence-corrected chi connectivity index (χ1v) is 5.14. The van der Waals surface area contributed by atoms with Crippen LogP contribution in [0, 0.1) is 0 Å². The average Bonchev–Trinajstić information content (AvgIpc) is 2.65. The molecule has 1 aliphatic rings. The number of aromatic nitrogens is 2. The molecule has 0 aliphatic carbocycles. The Morgan fingerprint density at radius 1 is 1.64 bits per heavy atom. The molecule has 78 valence electrons. The molecule has 2 heterocycles. The van der Waals surface area contributed by atoms with Gasteiger partial charge in [-0.3, -0.25) is 4.68 Å². The molecule has 2 atom stereocenters. The molecule has 3 nitrogen and oxygen atoms in total. The highest BCUT2D eigenvalue weighted by molar-refractivity contribution is 5.07. The summed E-state index contributed by atoms with van der Waals surface area (Å²) in [6.07, 6.45) is 3.92. The van der Waals surface area contributed by atoms with Crippen LogP contribution in [0.3, 0.4) is 0 Å². The number of alkyl halides is 1. The van der Waals surface area contributed by atoms with Gasteiger partial charge in [0.25, 0.3) is 0 Å². The zero-order valence-electron chi connectivity index (χ0n) is 8.41. The number of piperidine rings is 1. The summed E-state index contributed by atoms with van der Waals surface area (Å²) in [5, 5.41) is 7.20. The van der Waals surface area contributed by atoms with Gasteiger partial charge < -0.3 is 5.32 Å². The smallest absolute Gasteiger partial charge is 0.157 e. The number of aryl methyl sites for hydroxylation is 1. The monoisotopic (exact) mass is 197 g/mol. The molecule has 1 fully saturated rings. The number of rotatable bonds is 2. The summed E-state index contributed by atoms with van der Waals surface area (Å²) in [6, 6.07) is 1.72. The highest BCUT2D eigenvalue weighted by Gasteiger charge is 2.26. The van der Waals surface area contributed by atoms with Crippen LogP contribution in [0.25, 0.3) is 0 Å². The molecule has 14 heavy (non-hydrogen) atoms. The summed E-state index contributed by atoms with van der Waals surface area (Å²) in [4.78, 5) is 0. The second-order valence-corrected chi connectivity index (χ2v) is 3.84. The molecule has 1 aliphatic heterocycles. The van der Waals surface area contributed by atoms with Crippen molar-refractivity contribution >= 4 is 0 Å². The molecule has 0 spiro atoms. The molecule has 4 heteroatoms. The van der Waals surface area contributed by atoms with E-state index in [1.807, 2.05) is 0 Å². The first-order chi connectivity index (χ1) is 6.79. The van der Waals surface area contributed by atoms with Gasteiger partial charge in [0.1, 0.15) is 0 Å². The maximum absolute atomic E-state index is 14.0. The summed E-state index contributed by atoms with van der Waals surface area (Å²) >= 11 is 0. The van der Waals surface area contributed by atoms with Gasteiger partial charge in [-0.25, -0.2) is 4.39 Å². The van der Waals surface area contributed by atoms with Crippen molar-refractivity contribution in [2.45, 2.75) is 31.5 Å². The van der Waals surface area contributed by atoms with E-state index in [-0.39, 0.29) is 6.04 Å². The lowest BCUT2D eigenvalue weighted by Gasteiger charge is -2.26. The Morgan fingerprint density at radius 2 is 2.50 bits per heavy atom. The van der Waals surface area contributed by atoms with E-state index in [1.54, 1.807) is 24.0 Å². The van der Waals surface area contributed by atoms with Crippen LogP contribution in [0.5, 0.6) is 0 Å². The van der Waals surface area contributed by atoms with E-state index in [4.69, 9.17) is 0 Å². The second kappa shape index (κ2) is 4.09. The summed E-state index contributed by atoms with van der Waals surface area (Å²) in [5.74, 6) is 0. The van der Waals surface area contributed by atoms with Gasteiger partial charge in [0.05, 0.1) is 5.69 Å². The van der Waals surface area contributed by atoms with Crippen molar-refractivity contribution in [1.29, 1.82) is 0 Å². The van der Waals surface area contributed by atoms with Gasteiger partial charge in [-0.15, -0.1) is 0 Å². The molecule has 2 rings (SSSR count). The van der Waals surface area contributed by atoms with Crippen molar-refractivity contribution in [3.8, 4) is 0 Å². The molecule has 1 aromatic rings. The Morgan fingerprint density at radius 3 is 3.07 bits per heavy atom. The van der Waals surface area contributed by atoms with Gasteiger partial charge in [-0.2, -0.15) is 5.10 Å². The van der Waals surface area contributed by atoms with Crippen molar-refractivity contribution in [1.82, 2.24) is 15.1 Å². The molecule has 1 aromatic heterocycles. The molecular formula is C10H16FN3. The number of nitrogens with one attached hydrogen (secondary N) is 1. The van der Waals surface area contributed by atoms with E-state index in [2.05, 4.69) is 10.4 Å². The van der Waals surface area contributed by atoms with E-state index in [9.17, 15) is 4.39 Å². The second-order valence-electron chi connectivity index (χ2n) is 3.84. The predicted octanol–water partition coefficient (Wildman–Crippen LogP) is 1.57. The number of halogens is 1. The minimum atomic E-state index is -0.928. The lowest BCUT2D eigenvalue weighted by atomic mass is 9.99. The van der Waals surface area contributed by atoms with Crippen molar-refractivity contribution < 1.29 is 4.39 Å². The quantitative estimate of drug-likeness (QED) is 0.780. The van der Waals surface area contributed by atoms with Gasteiger partial charge in [-0.05, 0) is 25.5 Å². The Bertz CT molecular complexity index is 291. The lowest BCUT2D eigenvalue weighted by Crippen LogP contribution is -2.37. The molecule has 0 radical (unpaired) electrons. The third-order valence-corrected chi connectivity index (χ3v) is 2.84. The maximum atomic E-state index is 14.0. The molecule has 1 N–H and O–H groups in total. The molecule has 1 saturated heterocycles. The van der Waals surface area contributed by atoms with Crippen LogP contribution in [-0.4, -0.2) is 22.4 Å². The fraction of sp³-hybridized carbons (Fsp3) is 0.700. The van der Waals surface area contributed by atoms with Gasteiger partial charge in [-0.1, -0.05) is 6.42 Å². The van der Waals surface area contributed by atoms with E-state index >= 15 is 0 Å². The van der Waals surface area contributed by atoms with Gasteiger partial charge in [0.2, 0.25) is 0 Å². The van der Waals surface area contributed by atoms with Crippen LogP contribution in [0.2, 0.25) is 0 Å². The third kappa shape index (κ3) is 1.80. The van der Waals surface area contributed by atoms with Crippen molar-refractivity contribution in [2.24, 2.45) is 7.05 Å². The van der Waals surface area contributed by atoms with Crippen molar-refractivity contribution in [2.75, 3.05) is 6.54 Å². The SMILES string of the molecule is Cn1nccc1C(F)C1CCCCN1. The van der Waals surface area contributed by atoms with Crippen LogP contribution in [-0.2, 0) is 7.05 Å². The van der Waals surface area contributed by atoms with Gasteiger partial charge >= 0.3 is 0 Å². The molecule has 0 aromatic carbocycles. The van der Waals surface area contributed by atoms with Crippen molar-refractivity contribution in [3.05, 3.63) is 18.0 Å². The van der Waals surface area contributed by atoms with Crippen molar-refractivity contribution in [3.63, 3.8) is 0 Å². The van der Waals surface area contributed by atoms with E-state index in [0.717, 1.165) is 25.8 Å². The van der Waals surface area contributed by atoms with Crippen LogP contribution in [0.15, 0.2) is 12.3 Å². The Balaban J connectivity index is 2.07. The standard InChI is InChI=1S/C10H16FN3/c1-14-9(5-7-13-14)10(11)8-4-2-3-6-12-8/h5,7-8,10,12H,2-4,6H2,1H3. The molecule has 0 saturated carbocycles. The van der Waals surface area contributed by atoms with E-state index < -0.39 is 6.17 Å². The van der Waals surface area contributed by atoms with Gasteiger partial charge in [0.15, 0.2) is 6.17 Å². The summed E-state index contributed by atoms with van der Waals surface area (Å²) < 4.78 is 15.6. The highest BCUT2D eigenvalue weighted by atomic mass is 19.1. The third-order valence-electron chi connectivity index (χ3n) is 2.84. The van der Waals surface area contributed by atoms with Crippen LogP contribution < -0.4 is 5.32 Å². The Labute approximate surface area is 83.3 Å². The number of hydrogen-bond donors (Lipinski definition) is 1. The fourth-order valence-corrected chi connectivity index (χ4v) is 1.99. The Kier molecular flexibility index (Phi) is 2.82. The first kappa shape index (κ1) is 9.65. The predicted molar refractivity (Wildman–Crippen MR) is 52.7 cm³/mol. The van der Waals surface area contributed by atoms with Crippen LogP contribution in [0.4, 0.5) is 4.39 Å². The molecule has 0 bridgehead atoms. The largest absolute Gasteiger partial charge is 0.311 e.